The maximum atomic E-state index is 12.6. The monoisotopic (exact) mass is 474 g/mol. The molecule has 3 rings (SSSR count). The van der Waals surface area contributed by atoms with Crippen molar-refractivity contribution in [1.29, 1.82) is 0 Å². The van der Waals surface area contributed by atoms with E-state index in [0.717, 1.165) is 15.8 Å². The van der Waals surface area contributed by atoms with Gasteiger partial charge in [0.1, 0.15) is 5.75 Å². The second-order valence-electron chi connectivity index (χ2n) is 6.58. The predicted molar refractivity (Wildman–Crippen MR) is 119 cm³/mol. The van der Waals surface area contributed by atoms with Crippen LogP contribution >= 0.6 is 27.7 Å². The van der Waals surface area contributed by atoms with Crippen molar-refractivity contribution in [3.63, 3.8) is 0 Å². The number of hydrogen-bond donors (Lipinski definition) is 1. The molecule has 0 aromatic heterocycles. The van der Waals surface area contributed by atoms with E-state index in [4.69, 9.17) is 9.84 Å². The van der Waals surface area contributed by atoms with E-state index in [2.05, 4.69) is 20.9 Å². The van der Waals surface area contributed by atoms with Gasteiger partial charge in [-0.05, 0) is 83.5 Å². The van der Waals surface area contributed by atoms with Gasteiger partial charge in [0.05, 0.1) is 26.7 Å². The van der Waals surface area contributed by atoms with Crippen molar-refractivity contribution in [3.8, 4) is 5.75 Å². The zero-order valence-electron chi connectivity index (χ0n) is 16.0. The number of nitrogens with zero attached hydrogens (tertiary/aromatic N) is 2. The predicted octanol–water partition coefficient (Wildman–Crippen LogP) is 5.17. The first-order chi connectivity index (χ1) is 13.7. The van der Waals surface area contributed by atoms with Gasteiger partial charge in [0.25, 0.3) is 5.91 Å². The van der Waals surface area contributed by atoms with Crippen LogP contribution < -0.4 is 4.74 Å². The van der Waals surface area contributed by atoms with Crippen LogP contribution in [-0.4, -0.2) is 40.2 Å². The van der Waals surface area contributed by atoms with Gasteiger partial charge in [0, 0.05) is 7.05 Å². The van der Waals surface area contributed by atoms with Gasteiger partial charge in [-0.1, -0.05) is 12.1 Å². The average molecular weight is 475 g/mol. The number of ether oxygens (including phenoxy) is 1. The van der Waals surface area contributed by atoms with Crippen molar-refractivity contribution in [2.24, 2.45) is 4.99 Å². The normalized spacial score (nSPS) is 16.9. The molecule has 6 nitrogen and oxygen atoms in total. The molecule has 0 unspecified atom stereocenters. The standard InChI is InChI=1S/C21H19BrN2O4S/c1-12(2)28-17-8-7-13(9-16(17)22)10-18-19(25)24(3)21(29-18)23-15-6-4-5-14(11-15)20(26)27/h4-12H,1-3H3,(H,26,27). The maximum Gasteiger partial charge on any atom is 0.335 e. The van der Waals surface area contributed by atoms with Crippen LogP contribution in [0.1, 0.15) is 29.8 Å². The second kappa shape index (κ2) is 8.84. The lowest BCUT2D eigenvalue weighted by Gasteiger charge is -2.11. The molecule has 2 aromatic rings. The van der Waals surface area contributed by atoms with Crippen molar-refractivity contribution >= 4 is 56.5 Å². The number of likely N-dealkylation sites (N-methyl/N-ethyl adjacent to an activating group) is 1. The van der Waals surface area contributed by atoms with Crippen LogP contribution in [0.3, 0.4) is 0 Å². The highest BCUT2D eigenvalue weighted by Gasteiger charge is 2.30. The summed E-state index contributed by atoms with van der Waals surface area (Å²) in [6, 6.07) is 11.9. The molecule has 1 aliphatic heterocycles. The number of thioether (sulfide) groups is 1. The number of benzene rings is 2. The molecule has 8 heteroatoms. The van der Waals surface area contributed by atoms with Gasteiger partial charge in [-0.2, -0.15) is 0 Å². The molecule has 1 fully saturated rings. The maximum absolute atomic E-state index is 12.6. The molecule has 0 atom stereocenters. The van der Waals surface area contributed by atoms with E-state index in [-0.39, 0.29) is 17.6 Å². The highest BCUT2D eigenvalue weighted by Crippen LogP contribution is 2.34. The molecule has 1 heterocycles. The lowest BCUT2D eigenvalue weighted by molar-refractivity contribution is -0.121. The number of carboxylic acids is 1. The Labute approximate surface area is 181 Å². The topological polar surface area (TPSA) is 79.2 Å². The molecule has 29 heavy (non-hydrogen) atoms. The Morgan fingerprint density at radius 2 is 2.03 bits per heavy atom. The number of carbonyl (C=O) groups excluding carboxylic acids is 1. The van der Waals surface area contributed by atoms with E-state index >= 15 is 0 Å². The molecule has 0 radical (unpaired) electrons. The van der Waals surface area contributed by atoms with Crippen LogP contribution in [0.2, 0.25) is 0 Å². The number of aliphatic imine (C=N–C) groups is 1. The number of carboxylic acid groups (broad SMARTS) is 1. The summed E-state index contributed by atoms with van der Waals surface area (Å²) in [5.74, 6) is -0.446. The van der Waals surface area contributed by atoms with Crippen LogP contribution in [0.15, 0.2) is 56.8 Å². The van der Waals surface area contributed by atoms with Crippen LogP contribution in [0.4, 0.5) is 5.69 Å². The molecule has 1 aliphatic rings. The molecule has 0 spiro atoms. The third-order valence-electron chi connectivity index (χ3n) is 3.94. The number of rotatable bonds is 5. The lowest BCUT2D eigenvalue weighted by atomic mass is 10.2. The van der Waals surface area contributed by atoms with E-state index in [1.807, 2.05) is 32.0 Å². The summed E-state index contributed by atoms with van der Waals surface area (Å²) in [6.07, 6.45) is 1.86. The van der Waals surface area contributed by atoms with E-state index in [1.54, 1.807) is 25.3 Å². The number of halogens is 1. The lowest BCUT2D eigenvalue weighted by Crippen LogP contribution is -2.23. The van der Waals surface area contributed by atoms with Gasteiger partial charge >= 0.3 is 5.97 Å². The van der Waals surface area contributed by atoms with Gasteiger partial charge in [0.2, 0.25) is 0 Å². The molecular weight excluding hydrogens is 456 g/mol. The Morgan fingerprint density at radius 3 is 2.69 bits per heavy atom. The molecule has 1 N–H and O–H groups in total. The van der Waals surface area contributed by atoms with Gasteiger partial charge < -0.3 is 9.84 Å². The first-order valence-electron chi connectivity index (χ1n) is 8.80. The van der Waals surface area contributed by atoms with Crippen LogP contribution in [0.25, 0.3) is 6.08 Å². The molecule has 0 saturated carbocycles. The van der Waals surface area contributed by atoms with Crippen molar-refractivity contribution in [1.82, 2.24) is 4.90 Å². The highest BCUT2D eigenvalue weighted by atomic mass is 79.9. The van der Waals surface area contributed by atoms with E-state index in [9.17, 15) is 9.59 Å². The molecule has 1 saturated heterocycles. The second-order valence-corrected chi connectivity index (χ2v) is 8.44. The minimum Gasteiger partial charge on any atom is -0.490 e. The van der Waals surface area contributed by atoms with Crippen LogP contribution in [-0.2, 0) is 4.79 Å². The quantitative estimate of drug-likeness (QED) is 0.604. The Balaban J connectivity index is 1.86. The van der Waals surface area contributed by atoms with Gasteiger partial charge in [-0.25, -0.2) is 9.79 Å². The number of carbonyl (C=O) groups is 2. The third-order valence-corrected chi connectivity index (χ3v) is 5.62. The van der Waals surface area contributed by atoms with Crippen molar-refractivity contribution < 1.29 is 19.4 Å². The smallest absolute Gasteiger partial charge is 0.335 e. The fourth-order valence-electron chi connectivity index (χ4n) is 2.58. The number of hydrogen-bond acceptors (Lipinski definition) is 5. The Morgan fingerprint density at radius 1 is 1.28 bits per heavy atom. The fraction of sp³-hybridized carbons (Fsp3) is 0.190. The van der Waals surface area contributed by atoms with E-state index < -0.39 is 5.97 Å². The highest BCUT2D eigenvalue weighted by molar-refractivity contribution is 9.10. The number of amides is 1. The van der Waals surface area contributed by atoms with Crippen molar-refractivity contribution in [3.05, 3.63) is 63.0 Å². The summed E-state index contributed by atoms with van der Waals surface area (Å²) >= 11 is 4.74. The van der Waals surface area contributed by atoms with Gasteiger partial charge in [-0.15, -0.1) is 0 Å². The summed E-state index contributed by atoms with van der Waals surface area (Å²) in [4.78, 5) is 30.2. The average Bonchev–Trinajstić information content (AvgIpc) is 2.92. The molecule has 0 aliphatic carbocycles. The minimum absolute atomic E-state index is 0.0644. The number of aromatic carboxylic acids is 1. The Kier molecular flexibility index (Phi) is 6.44. The largest absolute Gasteiger partial charge is 0.490 e. The fourth-order valence-corrected chi connectivity index (χ4v) is 4.06. The molecular formula is C21H19BrN2O4S. The number of amidine groups is 1. The molecule has 0 bridgehead atoms. The minimum atomic E-state index is -1.02. The molecule has 150 valence electrons. The first-order valence-corrected chi connectivity index (χ1v) is 10.4. The Bertz CT molecular complexity index is 1030. The summed E-state index contributed by atoms with van der Waals surface area (Å²) in [5.41, 5.74) is 1.48. The van der Waals surface area contributed by atoms with E-state index in [1.165, 1.54) is 28.8 Å². The summed E-state index contributed by atoms with van der Waals surface area (Å²) in [6.45, 7) is 3.91. The Hall–Kier alpha value is -2.58. The van der Waals surface area contributed by atoms with Crippen LogP contribution in [0.5, 0.6) is 5.75 Å². The summed E-state index contributed by atoms with van der Waals surface area (Å²) in [7, 11) is 1.64. The molecule has 2 aromatic carbocycles. The zero-order chi connectivity index (χ0) is 21.1. The third kappa shape index (κ3) is 5.07. The van der Waals surface area contributed by atoms with Gasteiger partial charge in [0.15, 0.2) is 5.17 Å². The summed E-state index contributed by atoms with van der Waals surface area (Å²) < 4.78 is 6.52. The SMILES string of the molecule is CC(C)Oc1ccc(C=C2SC(=Nc3cccc(C(=O)O)c3)N(C)C2=O)cc1Br. The first kappa shape index (κ1) is 21.1. The van der Waals surface area contributed by atoms with Crippen molar-refractivity contribution in [2.45, 2.75) is 20.0 Å². The molecule has 1 amide bonds. The van der Waals surface area contributed by atoms with Crippen molar-refractivity contribution in [2.75, 3.05) is 7.05 Å². The van der Waals surface area contributed by atoms with Crippen LogP contribution in [0, 0.1) is 0 Å². The van der Waals surface area contributed by atoms with Gasteiger partial charge in [-0.3, -0.25) is 9.69 Å². The van der Waals surface area contributed by atoms with E-state index in [0.29, 0.717) is 15.8 Å². The zero-order valence-corrected chi connectivity index (χ0v) is 18.5. The summed E-state index contributed by atoms with van der Waals surface area (Å²) in [5, 5.41) is 9.61.